The van der Waals surface area contributed by atoms with E-state index in [9.17, 15) is 18.4 Å². The second-order valence-electron chi connectivity index (χ2n) is 6.25. The highest BCUT2D eigenvalue weighted by atomic mass is 19.3. The standard InChI is InChI=1S/C22H23F2NO5/c1-4-28-19-12-16(8-10-18(19)30-22(23)24)9-11-21(27)29-13-20(26)25-17-7-5-6-14(2)15(17)3/h5-12,22H,4,13H2,1-3H3,(H,25,26)/b11-9+. The Bertz CT molecular complexity index is 928. The summed E-state index contributed by atoms with van der Waals surface area (Å²) in [5.74, 6) is -1.16. The third-order valence-corrected chi connectivity index (χ3v) is 4.12. The van der Waals surface area contributed by atoms with Crippen LogP contribution in [0.5, 0.6) is 11.5 Å². The molecule has 2 aromatic rings. The third kappa shape index (κ3) is 6.88. The number of hydrogen-bond acceptors (Lipinski definition) is 5. The van der Waals surface area contributed by atoms with E-state index in [0.717, 1.165) is 17.2 Å². The number of carbonyl (C=O) groups is 2. The van der Waals surface area contributed by atoms with Crippen LogP contribution in [0.1, 0.15) is 23.6 Å². The Labute approximate surface area is 173 Å². The summed E-state index contributed by atoms with van der Waals surface area (Å²) in [5.41, 5.74) is 3.13. The SMILES string of the molecule is CCOc1cc(/C=C/C(=O)OCC(=O)Nc2cccc(C)c2C)ccc1OC(F)F. The van der Waals surface area contributed by atoms with Gasteiger partial charge in [-0.05, 0) is 61.7 Å². The Hall–Kier alpha value is -3.42. The quantitative estimate of drug-likeness (QED) is 0.479. The number of halogens is 2. The van der Waals surface area contributed by atoms with Crippen molar-refractivity contribution in [3.05, 3.63) is 59.2 Å². The smallest absolute Gasteiger partial charge is 0.387 e. The molecule has 0 spiro atoms. The van der Waals surface area contributed by atoms with Crippen molar-refractivity contribution in [2.75, 3.05) is 18.5 Å². The normalized spacial score (nSPS) is 10.9. The van der Waals surface area contributed by atoms with Crippen molar-refractivity contribution in [2.45, 2.75) is 27.4 Å². The number of carbonyl (C=O) groups excluding carboxylic acids is 2. The number of nitrogens with one attached hydrogen (secondary N) is 1. The monoisotopic (exact) mass is 419 g/mol. The van der Waals surface area contributed by atoms with E-state index in [1.54, 1.807) is 13.0 Å². The molecule has 1 amide bonds. The maximum absolute atomic E-state index is 12.4. The molecule has 0 unspecified atom stereocenters. The molecule has 1 N–H and O–H groups in total. The van der Waals surface area contributed by atoms with E-state index in [1.807, 2.05) is 26.0 Å². The van der Waals surface area contributed by atoms with Gasteiger partial charge in [0.2, 0.25) is 0 Å². The van der Waals surface area contributed by atoms with Gasteiger partial charge < -0.3 is 19.5 Å². The Morgan fingerprint density at radius 2 is 1.90 bits per heavy atom. The summed E-state index contributed by atoms with van der Waals surface area (Å²) in [6.07, 6.45) is 2.55. The van der Waals surface area contributed by atoms with Crippen LogP contribution < -0.4 is 14.8 Å². The van der Waals surface area contributed by atoms with E-state index in [-0.39, 0.29) is 18.1 Å². The number of hydrogen-bond donors (Lipinski definition) is 1. The number of benzene rings is 2. The summed E-state index contributed by atoms with van der Waals surface area (Å²) in [7, 11) is 0. The average molecular weight is 419 g/mol. The van der Waals surface area contributed by atoms with Gasteiger partial charge in [0.05, 0.1) is 6.61 Å². The van der Waals surface area contributed by atoms with Crippen LogP contribution in [0.2, 0.25) is 0 Å². The fraction of sp³-hybridized carbons (Fsp3) is 0.273. The molecule has 0 saturated heterocycles. The van der Waals surface area contributed by atoms with Crippen LogP contribution in [0.3, 0.4) is 0 Å². The fourth-order valence-electron chi connectivity index (χ4n) is 2.51. The van der Waals surface area contributed by atoms with Crippen molar-refractivity contribution in [3.63, 3.8) is 0 Å². The van der Waals surface area contributed by atoms with Crippen LogP contribution in [0, 0.1) is 13.8 Å². The minimum atomic E-state index is -2.98. The number of rotatable bonds is 9. The van der Waals surface area contributed by atoms with E-state index in [1.165, 1.54) is 24.3 Å². The fourth-order valence-corrected chi connectivity index (χ4v) is 2.51. The lowest BCUT2D eigenvalue weighted by atomic mass is 10.1. The molecular formula is C22H23F2NO5. The lowest BCUT2D eigenvalue weighted by Crippen LogP contribution is -2.20. The zero-order chi connectivity index (χ0) is 22.1. The van der Waals surface area contributed by atoms with E-state index in [0.29, 0.717) is 11.3 Å². The first kappa shape index (κ1) is 22.9. The highest BCUT2D eigenvalue weighted by Gasteiger charge is 2.12. The number of aryl methyl sites for hydroxylation is 1. The number of ether oxygens (including phenoxy) is 3. The van der Waals surface area contributed by atoms with Crippen molar-refractivity contribution >= 4 is 23.6 Å². The van der Waals surface area contributed by atoms with Crippen LogP contribution in [-0.4, -0.2) is 31.7 Å². The van der Waals surface area contributed by atoms with Crippen LogP contribution >= 0.6 is 0 Å². The molecule has 0 heterocycles. The van der Waals surface area contributed by atoms with Gasteiger partial charge in [0, 0.05) is 11.8 Å². The van der Waals surface area contributed by atoms with Gasteiger partial charge in [-0.25, -0.2) is 4.79 Å². The first-order valence-corrected chi connectivity index (χ1v) is 9.22. The van der Waals surface area contributed by atoms with Crippen molar-refractivity contribution in [1.29, 1.82) is 0 Å². The molecular weight excluding hydrogens is 396 g/mol. The Balaban J connectivity index is 1.93. The van der Waals surface area contributed by atoms with Crippen LogP contribution in [0.25, 0.3) is 6.08 Å². The molecule has 0 fully saturated rings. The van der Waals surface area contributed by atoms with Gasteiger partial charge in [0.1, 0.15) is 0 Å². The zero-order valence-corrected chi connectivity index (χ0v) is 16.9. The second-order valence-corrected chi connectivity index (χ2v) is 6.25. The highest BCUT2D eigenvalue weighted by Crippen LogP contribution is 2.30. The Morgan fingerprint density at radius 1 is 1.13 bits per heavy atom. The number of amides is 1. The zero-order valence-electron chi connectivity index (χ0n) is 16.9. The average Bonchev–Trinajstić information content (AvgIpc) is 2.70. The minimum absolute atomic E-state index is 0.102. The lowest BCUT2D eigenvalue weighted by molar-refractivity contribution is -0.142. The molecule has 0 radical (unpaired) electrons. The van der Waals surface area contributed by atoms with Gasteiger partial charge in [0.15, 0.2) is 18.1 Å². The van der Waals surface area contributed by atoms with E-state index < -0.39 is 25.1 Å². The van der Waals surface area contributed by atoms with Gasteiger partial charge >= 0.3 is 12.6 Å². The van der Waals surface area contributed by atoms with Gasteiger partial charge in [0.25, 0.3) is 5.91 Å². The van der Waals surface area contributed by atoms with Crippen LogP contribution in [0.4, 0.5) is 14.5 Å². The predicted octanol–water partition coefficient (Wildman–Crippen LogP) is 4.50. The molecule has 2 aromatic carbocycles. The first-order valence-electron chi connectivity index (χ1n) is 9.22. The van der Waals surface area contributed by atoms with Crippen molar-refractivity contribution in [3.8, 4) is 11.5 Å². The lowest BCUT2D eigenvalue weighted by Gasteiger charge is -2.11. The Kier molecular flexibility index (Phi) is 8.34. The molecule has 160 valence electrons. The van der Waals surface area contributed by atoms with E-state index >= 15 is 0 Å². The maximum atomic E-state index is 12.4. The second kappa shape index (κ2) is 10.9. The molecule has 0 aliphatic carbocycles. The van der Waals surface area contributed by atoms with Crippen LogP contribution in [0.15, 0.2) is 42.5 Å². The van der Waals surface area contributed by atoms with Gasteiger partial charge in [-0.2, -0.15) is 8.78 Å². The Morgan fingerprint density at radius 3 is 2.60 bits per heavy atom. The molecule has 6 nitrogen and oxygen atoms in total. The third-order valence-electron chi connectivity index (χ3n) is 4.12. The summed E-state index contributed by atoms with van der Waals surface area (Å²) >= 11 is 0. The van der Waals surface area contributed by atoms with Crippen molar-refractivity contribution in [2.24, 2.45) is 0 Å². The largest absolute Gasteiger partial charge is 0.490 e. The van der Waals surface area contributed by atoms with Gasteiger partial charge in [-0.15, -0.1) is 0 Å². The molecule has 2 rings (SSSR count). The summed E-state index contributed by atoms with van der Waals surface area (Å²) in [4.78, 5) is 23.9. The maximum Gasteiger partial charge on any atom is 0.387 e. The van der Waals surface area contributed by atoms with Gasteiger partial charge in [-0.3, -0.25) is 4.79 Å². The molecule has 0 bridgehead atoms. The summed E-state index contributed by atoms with van der Waals surface area (Å²) in [6.45, 7) is 2.35. The summed E-state index contributed by atoms with van der Waals surface area (Å²) < 4.78 is 39.5. The predicted molar refractivity (Wildman–Crippen MR) is 109 cm³/mol. The number of anilines is 1. The summed E-state index contributed by atoms with van der Waals surface area (Å²) in [6, 6.07) is 9.77. The highest BCUT2D eigenvalue weighted by molar-refractivity contribution is 5.95. The molecule has 0 atom stereocenters. The molecule has 0 saturated carbocycles. The minimum Gasteiger partial charge on any atom is -0.490 e. The number of alkyl halides is 2. The summed E-state index contributed by atoms with van der Waals surface area (Å²) in [5, 5.41) is 2.69. The molecule has 0 aliphatic heterocycles. The topological polar surface area (TPSA) is 73.9 Å². The van der Waals surface area contributed by atoms with E-state index in [4.69, 9.17) is 9.47 Å². The van der Waals surface area contributed by atoms with Crippen LogP contribution in [-0.2, 0) is 14.3 Å². The van der Waals surface area contributed by atoms with Crippen molar-refractivity contribution in [1.82, 2.24) is 0 Å². The molecule has 0 aromatic heterocycles. The van der Waals surface area contributed by atoms with E-state index in [2.05, 4.69) is 10.1 Å². The molecule has 30 heavy (non-hydrogen) atoms. The molecule has 8 heteroatoms. The number of esters is 1. The first-order chi connectivity index (χ1) is 14.3. The van der Waals surface area contributed by atoms with Gasteiger partial charge in [-0.1, -0.05) is 18.2 Å². The van der Waals surface area contributed by atoms with Crippen molar-refractivity contribution < 1.29 is 32.6 Å². The molecule has 0 aliphatic rings.